The predicted molar refractivity (Wildman–Crippen MR) is 211 cm³/mol. The van der Waals surface area contributed by atoms with Crippen LogP contribution in [0.3, 0.4) is 0 Å². The average molecular weight is 640 g/mol. The summed E-state index contributed by atoms with van der Waals surface area (Å²) in [6.45, 7) is 0.802. The Morgan fingerprint density at radius 3 is 1.50 bits per heavy atom. The Balaban J connectivity index is 1.08. The maximum absolute atomic E-state index is 3.67. The molecular formula is C47H33N3. The number of aromatic nitrogens is 2. The molecule has 0 radical (unpaired) electrons. The molecule has 1 aliphatic rings. The summed E-state index contributed by atoms with van der Waals surface area (Å²) in [5, 5.41) is 8.70. The third-order valence-electron chi connectivity index (χ3n) is 10.2. The van der Waals surface area contributed by atoms with E-state index in [9.17, 15) is 0 Å². The van der Waals surface area contributed by atoms with Crippen molar-refractivity contribution < 1.29 is 0 Å². The molecule has 0 amide bonds. The van der Waals surface area contributed by atoms with Crippen molar-refractivity contribution >= 4 is 54.9 Å². The predicted octanol–water partition coefficient (Wildman–Crippen LogP) is 11.6. The Morgan fingerprint density at radius 1 is 0.360 bits per heavy atom. The number of benzene rings is 7. The molecule has 0 aliphatic carbocycles. The number of hydrogen-bond donors (Lipinski definition) is 1. The minimum Gasteiger partial charge on any atom is -0.380 e. The first-order chi connectivity index (χ1) is 24.8. The van der Waals surface area contributed by atoms with Gasteiger partial charge in [-0.25, -0.2) is 0 Å². The van der Waals surface area contributed by atoms with Crippen LogP contribution in [0.25, 0.3) is 77.4 Å². The van der Waals surface area contributed by atoms with Crippen LogP contribution >= 0.6 is 0 Å². The summed E-state index contributed by atoms with van der Waals surface area (Å²) in [5.41, 5.74) is 14.5. The highest BCUT2D eigenvalue weighted by Gasteiger charge is 2.17. The van der Waals surface area contributed by atoms with Gasteiger partial charge in [-0.2, -0.15) is 0 Å². The summed E-state index contributed by atoms with van der Waals surface area (Å²) in [6.07, 6.45) is 4.45. The van der Waals surface area contributed by atoms with E-state index in [4.69, 9.17) is 0 Å². The quantitative estimate of drug-likeness (QED) is 0.199. The van der Waals surface area contributed by atoms with E-state index in [0.717, 1.165) is 17.9 Å². The monoisotopic (exact) mass is 639 g/mol. The Bertz CT molecular complexity index is 2800. The molecule has 3 nitrogen and oxygen atoms in total. The molecule has 7 aromatic carbocycles. The minimum absolute atomic E-state index is 0.802. The molecule has 10 rings (SSSR count). The van der Waals surface area contributed by atoms with Crippen molar-refractivity contribution in [3.05, 3.63) is 193 Å². The number of nitrogens with one attached hydrogen (secondary N) is 1. The lowest BCUT2D eigenvalue weighted by atomic mass is 10.0. The normalized spacial score (nSPS) is 13.1. The van der Waals surface area contributed by atoms with Gasteiger partial charge in [-0.05, 0) is 94.6 Å². The Hall–Kier alpha value is -6.58. The summed E-state index contributed by atoms with van der Waals surface area (Å²) in [4.78, 5) is 0. The average Bonchev–Trinajstić information content (AvgIpc) is 3.71. The standard InChI is InChI=1S/C47H33N3/c1-3-12-32(13-4-1)36-22-25-43(48-31-36)35-14-11-17-38(28-35)50-45-21-10-8-19-40(45)42-30-34(24-27-47(42)50)33-23-26-46-41(29-33)39-18-7-9-20-44(39)49(46)37-15-5-2-6-16-37/h1-30,48H,31H2. The second kappa shape index (κ2) is 11.5. The molecule has 0 saturated heterocycles. The molecule has 50 heavy (non-hydrogen) atoms. The van der Waals surface area contributed by atoms with E-state index in [1.807, 2.05) is 0 Å². The number of hydrogen-bond acceptors (Lipinski definition) is 1. The van der Waals surface area contributed by atoms with E-state index in [1.165, 1.54) is 77.1 Å². The number of para-hydroxylation sites is 3. The zero-order valence-electron chi connectivity index (χ0n) is 27.4. The highest BCUT2D eigenvalue weighted by molar-refractivity contribution is 6.12. The van der Waals surface area contributed by atoms with Crippen LogP contribution in [-0.2, 0) is 0 Å². The van der Waals surface area contributed by atoms with Crippen LogP contribution in [0.4, 0.5) is 0 Å². The molecule has 0 fully saturated rings. The number of rotatable bonds is 5. The molecule has 0 atom stereocenters. The smallest absolute Gasteiger partial charge is 0.0541 e. The number of dihydropyridines is 1. The Morgan fingerprint density at radius 2 is 0.880 bits per heavy atom. The number of nitrogens with zero attached hydrogens (tertiary/aromatic N) is 2. The summed E-state index contributed by atoms with van der Waals surface area (Å²) in [5.74, 6) is 0. The van der Waals surface area contributed by atoms with E-state index in [-0.39, 0.29) is 0 Å². The fourth-order valence-corrected chi connectivity index (χ4v) is 7.79. The fourth-order valence-electron chi connectivity index (χ4n) is 7.79. The van der Waals surface area contributed by atoms with Crippen molar-refractivity contribution in [2.75, 3.05) is 6.54 Å². The van der Waals surface area contributed by atoms with Crippen LogP contribution in [0.5, 0.6) is 0 Å². The molecule has 2 aromatic heterocycles. The second-order valence-electron chi connectivity index (χ2n) is 13.0. The molecule has 0 bridgehead atoms. The zero-order chi connectivity index (χ0) is 33.0. The fraction of sp³-hybridized carbons (Fsp3) is 0.0213. The molecule has 3 heterocycles. The molecule has 1 aliphatic heterocycles. The van der Waals surface area contributed by atoms with E-state index < -0.39 is 0 Å². The van der Waals surface area contributed by atoms with Crippen molar-refractivity contribution in [2.45, 2.75) is 0 Å². The molecular weight excluding hydrogens is 607 g/mol. The van der Waals surface area contributed by atoms with E-state index >= 15 is 0 Å². The van der Waals surface area contributed by atoms with Gasteiger partial charge >= 0.3 is 0 Å². The summed E-state index contributed by atoms with van der Waals surface area (Å²) < 4.78 is 4.78. The van der Waals surface area contributed by atoms with Crippen LogP contribution < -0.4 is 5.32 Å². The minimum atomic E-state index is 0.802. The maximum Gasteiger partial charge on any atom is 0.0541 e. The number of allylic oxidation sites excluding steroid dienone is 2. The van der Waals surface area contributed by atoms with Crippen molar-refractivity contribution in [1.82, 2.24) is 14.5 Å². The van der Waals surface area contributed by atoms with Gasteiger partial charge in [0, 0.05) is 45.2 Å². The lowest BCUT2D eigenvalue weighted by Crippen LogP contribution is -2.18. The molecule has 0 spiro atoms. The summed E-state index contributed by atoms with van der Waals surface area (Å²) in [6, 6.07) is 61.5. The van der Waals surface area contributed by atoms with Crippen LogP contribution in [-0.4, -0.2) is 15.7 Å². The molecule has 0 unspecified atom stereocenters. The van der Waals surface area contributed by atoms with Gasteiger partial charge in [-0.1, -0.05) is 115 Å². The van der Waals surface area contributed by atoms with Gasteiger partial charge < -0.3 is 14.5 Å². The first-order valence-electron chi connectivity index (χ1n) is 17.2. The molecule has 1 N–H and O–H groups in total. The third kappa shape index (κ3) is 4.59. The van der Waals surface area contributed by atoms with Gasteiger partial charge in [-0.3, -0.25) is 0 Å². The van der Waals surface area contributed by atoms with E-state index in [1.54, 1.807) is 0 Å². The lowest BCUT2D eigenvalue weighted by molar-refractivity contribution is 1.01. The van der Waals surface area contributed by atoms with Gasteiger partial charge in [-0.15, -0.1) is 0 Å². The van der Waals surface area contributed by atoms with Crippen molar-refractivity contribution in [3.63, 3.8) is 0 Å². The Labute approximate surface area is 290 Å². The first kappa shape index (κ1) is 28.4. The van der Waals surface area contributed by atoms with E-state index in [0.29, 0.717) is 0 Å². The highest BCUT2D eigenvalue weighted by atomic mass is 15.0. The topological polar surface area (TPSA) is 21.9 Å². The van der Waals surface area contributed by atoms with Crippen LogP contribution in [0.1, 0.15) is 11.1 Å². The van der Waals surface area contributed by atoms with Crippen LogP contribution in [0, 0.1) is 0 Å². The van der Waals surface area contributed by atoms with E-state index in [2.05, 4.69) is 196 Å². The lowest BCUT2D eigenvalue weighted by Gasteiger charge is -2.19. The molecule has 3 heteroatoms. The number of fused-ring (bicyclic) bond motifs is 6. The van der Waals surface area contributed by atoms with Gasteiger partial charge in [0.1, 0.15) is 0 Å². The SMILES string of the molecule is C1=C(c2ccccc2)CNC(c2cccc(-n3c4ccccc4c4cc(-c5ccc6c(c5)c5ccccc5n6-c5ccccc5)ccc43)c2)=C1. The highest BCUT2D eigenvalue weighted by Crippen LogP contribution is 2.38. The Kier molecular flexibility index (Phi) is 6.56. The summed E-state index contributed by atoms with van der Waals surface area (Å²) >= 11 is 0. The van der Waals surface area contributed by atoms with Gasteiger partial charge in [0.2, 0.25) is 0 Å². The van der Waals surface area contributed by atoms with Crippen molar-refractivity contribution in [1.29, 1.82) is 0 Å². The van der Waals surface area contributed by atoms with Crippen molar-refractivity contribution in [3.8, 4) is 22.5 Å². The largest absolute Gasteiger partial charge is 0.380 e. The van der Waals surface area contributed by atoms with Crippen molar-refractivity contribution in [2.24, 2.45) is 0 Å². The zero-order valence-corrected chi connectivity index (χ0v) is 27.4. The van der Waals surface area contributed by atoms with Gasteiger partial charge in [0.05, 0.1) is 22.1 Å². The second-order valence-corrected chi connectivity index (χ2v) is 13.0. The molecule has 236 valence electrons. The summed E-state index contributed by atoms with van der Waals surface area (Å²) in [7, 11) is 0. The molecule has 0 saturated carbocycles. The molecule has 9 aromatic rings. The van der Waals surface area contributed by atoms with Gasteiger partial charge in [0.25, 0.3) is 0 Å². The van der Waals surface area contributed by atoms with Crippen LogP contribution in [0.2, 0.25) is 0 Å². The van der Waals surface area contributed by atoms with Gasteiger partial charge in [0.15, 0.2) is 0 Å². The third-order valence-corrected chi connectivity index (χ3v) is 10.2. The maximum atomic E-state index is 3.67. The van der Waals surface area contributed by atoms with Crippen LogP contribution in [0.15, 0.2) is 182 Å². The first-order valence-corrected chi connectivity index (χ1v) is 17.2.